The highest BCUT2D eigenvalue weighted by Crippen LogP contribution is 2.12. The number of hydrogen-bond acceptors (Lipinski definition) is 3. The fourth-order valence-electron chi connectivity index (χ4n) is 0.471. The lowest BCUT2D eigenvalue weighted by atomic mass is 10.6. The van der Waals surface area contributed by atoms with Crippen LogP contribution in [-0.2, 0) is 14.3 Å². The minimum absolute atomic E-state index is 0.240. The molecule has 0 saturated heterocycles. The van der Waals surface area contributed by atoms with E-state index in [0.717, 1.165) is 0 Å². The number of allylic oxidation sites excluding steroid dienone is 1. The number of carbonyl (C=O) groups is 1. The normalized spacial score (nSPS) is 24.1. The maximum Gasteiger partial charge on any atom is 0.296 e. The van der Waals surface area contributed by atoms with Gasteiger partial charge in [0.1, 0.15) is 6.26 Å². The van der Waals surface area contributed by atoms with Gasteiger partial charge < -0.3 is 9.47 Å². The summed E-state index contributed by atoms with van der Waals surface area (Å²) in [4.78, 5) is 9.94. The average molecular weight is 149 g/mol. The van der Waals surface area contributed by atoms with Crippen LogP contribution in [0.4, 0.5) is 0 Å². The third-order valence-corrected chi connectivity index (χ3v) is 1.11. The van der Waals surface area contributed by atoms with E-state index in [2.05, 4.69) is 4.74 Å². The Hall–Kier alpha value is -0.700. The highest BCUT2D eigenvalue weighted by Gasteiger charge is 2.16. The number of hydrogen-bond donors (Lipinski definition) is 0. The Morgan fingerprint density at radius 2 is 2.67 bits per heavy atom. The molecule has 0 N–H and O–H groups in total. The van der Waals surface area contributed by atoms with Crippen molar-refractivity contribution in [2.45, 2.75) is 6.29 Å². The van der Waals surface area contributed by atoms with Gasteiger partial charge in [0, 0.05) is 0 Å². The Morgan fingerprint density at radius 3 is 3.00 bits per heavy atom. The summed E-state index contributed by atoms with van der Waals surface area (Å²) in [5, 5.41) is 0. The molecule has 0 aromatic rings. The van der Waals surface area contributed by atoms with Crippen LogP contribution in [0, 0.1) is 0 Å². The topological polar surface area (TPSA) is 35.5 Å². The van der Waals surface area contributed by atoms with Gasteiger partial charge in [-0.15, -0.1) is 11.6 Å². The molecule has 1 unspecified atom stereocenters. The molecule has 9 heavy (non-hydrogen) atoms. The van der Waals surface area contributed by atoms with Gasteiger partial charge in [0.15, 0.2) is 5.76 Å². The molecule has 1 heterocycles. The second-order valence-corrected chi connectivity index (χ2v) is 1.74. The zero-order valence-electron chi connectivity index (χ0n) is 4.54. The molecule has 0 aromatic carbocycles. The van der Waals surface area contributed by atoms with Crippen LogP contribution < -0.4 is 0 Å². The van der Waals surface area contributed by atoms with Gasteiger partial charge in [-0.2, -0.15) is 0 Å². The first-order chi connectivity index (χ1) is 4.36. The summed E-state index contributed by atoms with van der Waals surface area (Å²) in [6.45, 7) is 0. The van der Waals surface area contributed by atoms with E-state index in [-0.39, 0.29) is 5.88 Å². The molecular formula is C5H5ClO3. The molecule has 0 radical (unpaired) electrons. The Morgan fingerprint density at radius 1 is 1.89 bits per heavy atom. The van der Waals surface area contributed by atoms with Crippen molar-refractivity contribution in [1.29, 1.82) is 0 Å². The van der Waals surface area contributed by atoms with Crippen LogP contribution in [0.2, 0.25) is 0 Å². The summed E-state index contributed by atoms with van der Waals surface area (Å²) in [5.41, 5.74) is 0. The van der Waals surface area contributed by atoms with E-state index in [9.17, 15) is 4.79 Å². The summed E-state index contributed by atoms with van der Waals surface area (Å²) in [6.07, 6.45) is 1.13. The summed E-state index contributed by atoms with van der Waals surface area (Å²) < 4.78 is 9.47. The second kappa shape index (κ2) is 2.73. The molecule has 1 aliphatic rings. The molecular weight excluding hydrogens is 144 g/mol. The standard InChI is InChI=1S/C5H5ClO3/c6-1-4-3-8-5(2-7)9-4/h2-3,5H,1H2. The van der Waals surface area contributed by atoms with E-state index in [1.807, 2.05) is 0 Å². The molecule has 0 fully saturated rings. The van der Waals surface area contributed by atoms with E-state index in [1.54, 1.807) is 0 Å². The lowest BCUT2D eigenvalue weighted by molar-refractivity contribution is -0.129. The zero-order valence-corrected chi connectivity index (χ0v) is 5.30. The number of ether oxygens (including phenoxy) is 2. The molecule has 1 aliphatic heterocycles. The lowest BCUT2D eigenvalue weighted by Gasteiger charge is -2.00. The number of carbonyl (C=O) groups excluding carboxylic acids is 1. The smallest absolute Gasteiger partial charge is 0.296 e. The van der Waals surface area contributed by atoms with Gasteiger partial charge >= 0.3 is 0 Å². The number of halogens is 1. The van der Waals surface area contributed by atoms with Crippen LogP contribution in [0.1, 0.15) is 0 Å². The predicted octanol–water partition coefficient (Wildman–Crippen LogP) is 0.638. The van der Waals surface area contributed by atoms with Crippen molar-refractivity contribution in [1.82, 2.24) is 0 Å². The highest BCUT2D eigenvalue weighted by atomic mass is 35.5. The van der Waals surface area contributed by atoms with Crippen molar-refractivity contribution < 1.29 is 14.3 Å². The van der Waals surface area contributed by atoms with Crippen molar-refractivity contribution in [3.8, 4) is 0 Å². The van der Waals surface area contributed by atoms with Crippen LogP contribution in [0.15, 0.2) is 12.0 Å². The second-order valence-electron chi connectivity index (χ2n) is 1.48. The molecule has 0 bridgehead atoms. The van der Waals surface area contributed by atoms with E-state index in [4.69, 9.17) is 16.3 Å². The van der Waals surface area contributed by atoms with Crippen molar-refractivity contribution in [3.63, 3.8) is 0 Å². The quantitative estimate of drug-likeness (QED) is 0.426. The fraction of sp³-hybridized carbons (Fsp3) is 0.400. The maximum absolute atomic E-state index is 9.94. The lowest BCUT2D eigenvalue weighted by Crippen LogP contribution is -2.09. The van der Waals surface area contributed by atoms with E-state index >= 15 is 0 Å². The third-order valence-electron chi connectivity index (χ3n) is 0.844. The van der Waals surface area contributed by atoms with Gasteiger partial charge in [0.2, 0.25) is 6.29 Å². The van der Waals surface area contributed by atoms with Gasteiger partial charge in [0.05, 0.1) is 5.88 Å². The largest absolute Gasteiger partial charge is 0.452 e. The monoisotopic (exact) mass is 148 g/mol. The molecule has 0 aliphatic carbocycles. The molecule has 1 atom stereocenters. The molecule has 0 saturated carbocycles. The van der Waals surface area contributed by atoms with E-state index < -0.39 is 6.29 Å². The maximum atomic E-state index is 9.94. The molecule has 50 valence electrons. The van der Waals surface area contributed by atoms with Gasteiger partial charge in [0.25, 0.3) is 6.29 Å². The third kappa shape index (κ3) is 1.36. The summed E-state index contributed by atoms with van der Waals surface area (Å²) in [7, 11) is 0. The Kier molecular flexibility index (Phi) is 1.95. The molecule has 0 aromatic heterocycles. The van der Waals surface area contributed by atoms with Gasteiger partial charge in [-0.05, 0) is 0 Å². The van der Waals surface area contributed by atoms with Gasteiger partial charge in [-0.1, -0.05) is 0 Å². The first-order valence-electron chi connectivity index (χ1n) is 2.39. The minimum Gasteiger partial charge on any atom is -0.452 e. The average Bonchev–Trinajstić information content (AvgIpc) is 2.34. The Bertz CT molecular complexity index is 143. The first kappa shape index (κ1) is 6.42. The van der Waals surface area contributed by atoms with E-state index in [0.29, 0.717) is 12.0 Å². The van der Waals surface area contributed by atoms with Crippen LogP contribution in [0.3, 0.4) is 0 Å². The van der Waals surface area contributed by atoms with Crippen LogP contribution >= 0.6 is 11.6 Å². The molecule has 0 amide bonds. The van der Waals surface area contributed by atoms with Gasteiger partial charge in [-0.3, -0.25) is 4.79 Å². The van der Waals surface area contributed by atoms with Crippen molar-refractivity contribution >= 4 is 17.9 Å². The van der Waals surface area contributed by atoms with Crippen molar-refractivity contribution in [2.24, 2.45) is 0 Å². The molecule has 0 spiro atoms. The van der Waals surface area contributed by atoms with Crippen LogP contribution in [-0.4, -0.2) is 18.5 Å². The number of rotatable bonds is 2. The summed E-state index contributed by atoms with van der Waals surface area (Å²) in [6, 6.07) is 0. The molecule has 1 rings (SSSR count). The van der Waals surface area contributed by atoms with E-state index in [1.165, 1.54) is 6.26 Å². The first-order valence-corrected chi connectivity index (χ1v) is 2.92. The fourth-order valence-corrected chi connectivity index (χ4v) is 0.597. The highest BCUT2D eigenvalue weighted by molar-refractivity contribution is 6.19. The van der Waals surface area contributed by atoms with Gasteiger partial charge in [-0.25, -0.2) is 0 Å². The summed E-state index contributed by atoms with van der Waals surface area (Å²) >= 11 is 5.34. The molecule has 4 heteroatoms. The Balaban J connectivity index is 2.39. The summed E-state index contributed by atoms with van der Waals surface area (Å²) in [5.74, 6) is 0.735. The predicted molar refractivity (Wildman–Crippen MR) is 30.8 cm³/mol. The van der Waals surface area contributed by atoms with Crippen LogP contribution in [0.5, 0.6) is 0 Å². The number of alkyl halides is 1. The van der Waals surface area contributed by atoms with Crippen LogP contribution in [0.25, 0.3) is 0 Å². The molecule has 3 nitrogen and oxygen atoms in total. The SMILES string of the molecule is O=CC1OC=C(CCl)O1. The zero-order chi connectivity index (χ0) is 6.69. The van der Waals surface area contributed by atoms with Crippen molar-refractivity contribution in [2.75, 3.05) is 5.88 Å². The Labute approximate surface area is 57.2 Å². The van der Waals surface area contributed by atoms with Crippen molar-refractivity contribution in [3.05, 3.63) is 12.0 Å². The minimum atomic E-state index is -0.779. The number of aldehydes is 1.